The standard InChI is InChI=1S/C16H24N2OS/c1-2-10-17-12-13-3-7-15(8-4-13)20-11-9-16(19)18-14-5-6-14/h3-4,7-8,14,17H,2,5-6,9-12H2,1H3,(H,18,19). The van der Waals surface area contributed by atoms with E-state index in [1.807, 2.05) is 0 Å². The molecule has 0 aromatic heterocycles. The number of carbonyl (C=O) groups is 1. The van der Waals surface area contributed by atoms with Crippen molar-refractivity contribution < 1.29 is 4.79 Å². The summed E-state index contributed by atoms with van der Waals surface area (Å²) in [5, 5.41) is 6.41. The molecule has 1 aromatic rings. The highest BCUT2D eigenvalue weighted by Crippen LogP contribution is 2.21. The van der Waals surface area contributed by atoms with Crippen LogP contribution in [0.15, 0.2) is 29.2 Å². The molecule has 0 aliphatic heterocycles. The fourth-order valence-electron chi connectivity index (χ4n) is 1.90. The van der Waals surface area contributed by atoms with Crippen LogP contribution in [0.5, 0.6) is 0 Å². The second kappa shape index (κ2) is 8.32. The smallest absolute Gasteiger partial charge is 0.221 e. The minimum atomic E-state index is 0.195. The Labute approximate surface area is 125 Å². The van der Waals surface area contributed by atoms with E-state index in [4.69, 9.17) is 0 Å². The van der Waals surface area contributed by atoms with Crippen LogP contribution in [0.3, 0.4) is 0 Å². The molecule has 3 nitrogen and oxygen atoms in total. The van der Waals surface area contributed by atoms with Crippen LogP contribution in [0.25, 0.3) is 0 Å². The lowest BCUT2D eigenvalue weighted by Gasteiger charge is -2.06. The van der Waals surface area contributed by atoms with Gasteiger partial charge in [-0.3, -0.25) is 4.79 Å². The first-order valence-electron chi connectivity index (χ1n) is 7.49. The molecule has 0 radical (unpaired) electrons. The zero-order valence-corrected chi connectivity index (χ0v) is 13.0. The molecule has 1 aliphatic carbocycles. The van der Waals surface area contributed by atoms with E-state index in [9.17, 15) is 4.79 Å². The fraction of sp³-hybridized carbons (Fsp3) is 0.562. The first kappa shape index (κ1) is 15.4. The number of rotatable bonds is 9. The van der Waals surface area contributed by atoms with E-state index in [2.05, 4.69) is 41.8 Å². The van der Waals surface area contributed by atoms with E-state index in [0.717, 1.165) is 38.1 Å². The van der Waals surface area contributed by atoms with Gasteiger partial charge in [0.15, 0.2) is 0 Å². The van der Waals surface area contributed by atoms with Gasteiger partial charge in [-0.05, 0) is 43.5 Å². The molecular weight excluding hydrogens is 268 g/mol. The number of benzene rings is 1. The predicted octanol–water partition coefficient (Wildman–Crippen LogP) is 2.95. The second-order valence-corrected chi connectivity index (χ2v) is 6.43. The van der Waals surface area contributed by atoms with Gasteiger partial charge in [-0.1, -0.05) is 19.1 Å². The molecular formula is C16H24N2OS. The van der Waals surface area contributed by atoms with Crippen molar-refractivity contribution in [2.45, 2.75) is 50.1 Å². The Morgan fingerprint density at radius 3 is 2.70 bits per heavy atom. The number of carbonyl (C=O) groups excluding carboxylic acids is 1. The van der Waals surface area contributed by atoms with E-state index < -0.39 is 0 Å². The molecule has 1 fully saturated rings. The number of thioether (sulfide) groups is 1. The van der Waals surface area contributed by atoms with Crippen LogP contribution in [-0.2, 0) is 11.3 Å². The Bertz CT molecular complexity index is 415. The van der Waals surface area contributed by atoms with E-state index in [1.165, 1.54) is 10.5 Å². The minimum Gasteiger partial charge on any atom is -0.353 e. The average molecular weight is 292 g/mol. The maximum absolute atomic E-state index is 11.6. The second-order valence-electron chi connectivity index (χ2n) is 5.26. The summed E-state index contributed by atoms with van der Waals surface area (Å²) in [7, 11) is 0. The molecule has 2 N–H and O–H groups in total. The molecule has 20 heavy (non-hydrogen) atoms. The van der Waals surface area contributed by atoms with Gasteiger partial charge in [0, 0.05) is 29.7 Å². The third-order valence-corrected chi connectivity index (χ3v) is 4.23. The molecule has 0 unspecified atom stereocenters. The quantitative estimate of drug-likeness (QED) is 0.543. The summed E-state index contributed by atoms with van der Waals surface area (Å²) in [4.78, 5) is 12.8. The van der Waals surface area contributed by atoms with Gasteiger partial charge in [-0.25, -0.2) is 0 Å². The Kier molecular flexibility index (Phi) is 6.40. The monoisotopic (exact) mass is 292 g/mol. The molecule has 0 atom stereocenters. The van der Waals surface area contributed by atoms with Crippen molar-refractivity contribution in [1.29, 1.82) is 0 Å². The van der Waals surface area contributed by atoms with E-state index in [1.54, 1.807) is 11.8 Å². The van der Waals surface area contributed by atoms with Gasteiger partial charge in [-0.2, -0.15) is 0 Å². The van der Waals surface area contributed by atoms with Gasteiger partial charge < -0.3 is 10.6 Å². The van der Waals surface area contributed by atoms with Crippen molar-refractivity contribution in [3.63, 3.8) is 0 Å². The third kappa shape index (κ3) is 5.97. The number of amides is 1. The van der Waals surface area contributed by atoms with Crippen molar-refractivity contribution in [3.05, 3.63) is 29.8 Å². The molecule has 4 heteroatoms. The molecule has 1 aromatic carbocycles. The van der Waals surface area contributed by atoms with Crippen LogP contribution in [0.2, 0.25) is 0 Å². The maximum Gasteiger partial charge on any atom is 0.221 e. The lowest BCUT2D eigenvalue weighted by Crippen LogP contribution is -2.25. The van der Waals surface area contributed by atoms with Crippen molar-refractivity contribution in [2.75, 3.05) is 12.3 Å². The van der Waals surface area contributed by atoms with Crippen LogP contribution < -0.4 is 10.6 Å². The van der Waals surface area contributed by atoms with Gasteiger partial charge in [0.1, 0.15) is 0 Å². The molecule has 1 saturated carbocycles. The average Bonchev–Trinajstić information content (AvgIpc) is 3.25. The van der Waals surface area contributed by atoms with E-state index in [0.29, 0.717) is 12.5 Å². The normalized spacial score (nSPS) is 14.2. The maximum atomic E-state index is 11.6. The summed E-state index contributed by atoms with van der Waals surface area (Å²) >= 11 is 1.75. The molecule has 0 spiro atoms. The Balaban J connectivity index is 1.63. The SMILES string of the molecule is CCCNCc1ccc(SCCC(=O)NC2CC2)cc1. The summed E-state index contributed by atoms with van der Waals surface area (Å²) in [6.45, 7) is 4.17. The topological polar surface area (TPSA) is 41.1 Å². The fourth-order valence-corrected chi connectivity index (χ4v) is 2.75. The summed E-state index contributed by atoms with van der Waals surface area (Å²) in [6.07, 6.45) is 4.09. The van der Waals surface area contributed by atoms with Crippen molar-refractivity contribution in [1.82, 2.24) is 10.6 Å². The lowest BCUT2D eigenvalue weighted by atomic mass is 10.2. The molecule has 2 rings (SSSR count). The Hall–Kier alpha value is -1.00. The molecule has 1 amide bonds. The first-order valence-corrected chi connectivity index (χ1v) is 8.48. The van der Waals surface area contributed by atoms with Gasteiger partial charge in [-0.15, -0.1) is 11.8 Å². The zero-order chi connectivity index (χ0) is 14.2. The largest absolute Gasteiger partial charge is 0.353 e. The molecule has 0 heterocycles. The van der Waals surface area contributed by atoms with Gasteiger partial charge in [0.2, 0.25) is 5.91 Å². The Morgan fingerprint density at radius 1 is 1.30 bits per heavy atom. The van der Waals surface area contributed by atoms with Crippen LogP contribution in [0.1, 0.15) is 38.2 Å². The number of nitrogens with one attached hydrogen (secondary N) is 2. The van der Waals surface area contributed by atoms with E-state index in [-0.39, 0.29) is 5.91 Å². The number of hydrogen-bond acceptors (Lipinski definition) is 3. The van der Waals surface area contributed by atoms with Crippen LogP contribution >= 0.6 is 11.8 Å². The zero-order valence-electron chi connectivity index (χ0n) is 12.2. The molecule has 1 aliphatic rings. The number of hydrogen-bond donors (Lipinski definition) is 2. The lowest BCUT2D eigenvalue weighted by molar-refractivity contribution is -0.120. The van der Waals surface area contributed by atoms with Crippen molar-refractivity contribution >= 4 is 17.7 Å². The van der Waals surface area contributed by atoms with Crippen LogP contribution in [0, 0.1) is 0 Å². The molecule has 110 valence electrons. The van der Waals surface area contributed by atoms with Crippen molar-refractivity contribution in [3.8, 4) is 0 Å². The highest BCUT2D eigenvalue weighted by Gasteiger charge is 2.22. The molecule has 0 bridgehead atoms. The summed E-state index contributed by atoms with van der Waals surface area (Å²) in [6, 6.07) is 9.09. The summed E-state index contributed by atoms with van der Waals surface area (Å²) in [5.41, 5.74) is 1.31. The van der Waals surface area contributed by atoms with Gasteiger partial charge in [0.25, 0.3) is 0 Å². The van der Waals surface area contributed by atoms with Crippen LogP contribution in [-0.4, -0.2) is 24.2 Å². The highest BCUT2D eigenvalue weighted by atomic mass is 32.2. The minimum absolute atomic E-state index is 0.195. The summed E-state index contributed by atoms with van der Waals surface area (Å²) < 4.78 is 0. The van der Waals surface area contributed by atoms with Crippen LogP contribution in [0.4, 0.5) is 0 Å². The molecule has 0 saturated heterocycles. The summed E-state index contributed by atoms with van der Waals surface area (Å²) in [5.74, 6) is 1.05. The first-order chi connectivity index (χ1) is 9.78. The van der Waals surface area contributed by atoms with Gasteiger partial charge >= 0.3 is 0 Å². The van der Waals surface area contributed by atoms with E-state index >= 15 is 0 Å². The highest BCUT2D eigenvalue weighted by molar-refractivity contribution is 7.99. The van der Waals surface area contributed by atoms with Crippen molar-refractivity contribution in [2.24, 2.45) is 0 Å². The predicted molar refractivity (Wildman–Crippen MR) is 84.9 cm³/mol. The van der Waals surface area contributed by atoms with Gasteiger partial charge in [0.05, 0.1) is 0 Å². The Morgan fingerprint density at radius 2 is 2.05 bits per heavy atom. The third-order valence-electron chi connectivity index (χ3n) is 3.22.